The maximum atomic E-state index is 12.4. The number of carbonyl (C=O) groups is 1. The standard InChI is InChI=1S/C16H26N4O2/c1-15(2,3)22-14(21)20-9-5-7-16(10-20)13-12(6-8-18-16)17-11-19(13)4/h11,18H,5-10H2,1-4H3. The molecule has 3 rings (SSSR count). The fourth-order valence-electron chi connectivity index (χ4n) is 3.65. The Morgan fingerprint density at radius 1 is 1.45 bits per heavy atom. The van der Waals surface area contributed by atoms with Gasteiger partial charge in [-0.1, -0.05) is 0 Å². The van der Waals surface area contributed by atoms with Gasteiger partial charge in [-0.05, 0) is 33.6 Å². The molecule has 1 spiro atoms. The first-order valence-electron chi connectivity index (χ1n) is 8.04. The molecule has 1 unspecified atom stereocenters. The van der Waals surface area contributed by atoms with E-state index in [1.54, 1.807) is 0 Å². The minimum absolute atomic E-state index is 0.187. The minimum Gasteiger partial charge on any atom is -0.444 e. The fraction of sp³-hybridized carbons (Fsp3) is 0.750. The smallest absolute Gasteiger partial charge is 0.410 e. The van der Waals surface area contributed by atoms with E-state index in [0.29, 0.717) is 6.54 Å². The summed E-state index contributed by atoms with van der Waals surface area (Å²) in [6, 6.07) is 0. The van der Waals surface area contributed by atoms with E-state index in [1.165, 1.54) is 5.69 Å². The molecule has 0 saturated carbocycles. The zero-order valence-electron chi connectivity index (χ0n) is 14.0. The Labute approximate surface area is 131 Å². The number of carbonyl (C=O) groups excluding carboxylic acids is 1. The number of hydrogen-bond acceptors (Lipinski definition) is 4. The summed E-state index contributed by atoms with van der Waals surface area (Å²) in [7, 11) is 2.03. The van der Waals surface area contributed by atoms with Crippen LogP contribution in [0.15, 0.2) is 6.33 Å². The van der Waals surface area contributed by atoms with Crippen LogP contribution in [0.2, 0.25) is 0 Å². The molecule has 6 heteroatoms. The number of likely N-dealkylation sites (tertiary alicyclic amines) is 1. The lowest BCUT2D eigenvalue weighted by Gasteiger charge is -2.45. The molecule has 2 aliphatic heterocycles. The van der Waals surface area contributed by atoms with E-state index in [2.05, 4.69) is 14.9 Å². The molecule has 1 atom stereocenters. The van der Waals surface area contributed by atoms with Crippen molar-refractivity contribution in [2.24, 2.45) is 7.05 Å². The summed E-state index contributed by atoms with van der Waals surface area (Å²) in [5.74, 6) is 0. The molecule has 122 valence electrons. The minimum atomic E-state index is -0.459. The van der Waals surface area contributed by atoms with E-state index in [1.807, 2.05) is 39.0 Å². The predicted molar refractivity (Wildman–Crippen MR) is 83.6 cm³/mol. The van der Waals surface area contributed by atoms with Crippen LogP contribution in [0, 0.1) is 0 Å². The largest absolute Gasteiger partial charge is 0.444 e. The first-order valence-corrected chi connectivity index (χ1v) is 8.04. The van der Waals surface area contributed by atoms with Crippen molar-refractivity contribution in [1.82, 2.24) is 19.8 Å². The number of imidazole rings is 1. The third kappa shape index (κ3) is 2.72. The van der Waals surface area contributed by atoms with Gasteiger partial charge in [0.2, 0.25) is 0 Å². The highest BCUT2D eigenvalue weighted by Gasteiger charge is 2.44. The number of hydrogen-bond donors (Lipinski definition) is 1. The van der Waals surface area contributed by atoms with Crippen LogP contribution in [0.25, 0.3) is 0 Å². The Balaban J connectivity index is 1.84. The summed E-state index contributed by atoms with van der Waals surface area (Å²) in [5, 5.41) is 3.66. The van der Waals surface area contributed by atoms with Gasteiger partial charge < -0.3 is 19.5 Å². The van der Waals surface area contributed by atoms with Gasteiger partial charge in [0.1, 0.15) is 5.60 Å². The van der Waals surface area contributed by atoms with Crippen molar-refractivity contribution in [3.63, 3.8) is 0 Å². The number of nitrogens with one attached hydrogen (secondary N) is 1. The number of amides is 1. The molecule has 1 aromatic rings. The third-order valence-electron chi connectivity index (χ3n) is 4.44. The summed E-state index contributed by atoms with van der Waals surface area (Å²) in [6.45, 7) is 8.03. The van der Waals surface area contributed by atoms with Crippen LogP contribution in [0.5, 0.6) is 0 Å². The summed E-state index contributed by atoms with van der Waals surface area (Å²) in [5.41, 5.74) is 1.74. The molecular formula is C16H26N4O2. The zero-order valence-corrected chi connectivity index (χ0v) is 14.0. The van der Waals surface area contributed by atoms with Crippen LogP contribution in [0.1, 0.15) is 45.0 Å². The number of nitrogens with zero attached hydrogens (tertiary/aromatic N) is 3. The van der Waals surface area contributed by atoms with Crippen LogP contribution < -0.4 is 5.32 Å². The molecule has 3 heterocycles. The number of fused-ring (bicyclic) bond motifs is 2. The molecule has 1 saturated heterocycles. The lowest BCUT2D eigenvalue weighted by Crippen LogP contribution is -2.59. The summed E-state index contributed by atoms with van der Waals surface area (Å²) in [6.07, 6.45) is 4.61. The van der Waals surface area contributed by atoms with Crippen molar-refractivity contribution in [3.05, 3.63) is 17.7 Å². The van der Waals surface area contributed by atoms with E-state index >= 15 is 0 Å². The Morgan fingerprint density at radius 3 is 2.95 bits per heavy atom. The monoisotopic (exact) mass is 306 g/mol. The van der Waals surface area contributed by atoms with Crippen LogP contribution in [0.4, 0.5) is 4.79 Å². The average Bonchev–Trinajstić information content (AvgIpc) is 2.80. The Bertz CT molecular complexity index is 575. The highest BCUT2D eigenvalue weighted by atomic mass is 16.6. The van der Waals surface area contributed by atoms with E-state index in [-0.39, 0.29) is 11.6 Å². The fourth-order valence-corrected chi connectivity index (χ4v) is 3.65. The predicted octanol–water partition coefficient (Wildman–Crippen LogP) is 1.79. The van der Waals surface area contributed by atoms with Gasteiger partial charge in [-0.25, -0.2) is 9.78 Å². The van der Waals surface area contributed by atoms with Gasteiger partial charge in [0.05, 0.1) is 23.3 Å². The van der Waals surface area contributed by atoms with Crippen LogP contribution in [-0.4, -0.2) is 45.8 Å². The zero-order chi connectivity index (χ0) is 16.0. The lowest BCUT2D eigenvalue weighted by molar-refractivity contribution is 0.00888. The van der Waals surface area contributed by atoms with Crippen molar-refractivity contribution in [2.45, 2.75) is 51.2 Å². The van der Waals surface area contributed by atoms with Crippen molar-refractivity contribution < 1.29 is 9.53 Å². The maximum Gasteiger partial charge on any atom is 0.410 e. The summed E-state index contributed by atoms with van der Waals surface area (Å²) < 4.78 is 7.64. The molecule has 1 fully saturated rings. The highest BCUT2D eigenvalue weighted by molar-refractivity contribution is 5.68. The van der Waals surface area contributed by atoms with Gasteiger partial charge in [0.15, 0.2) is 0 Å². The van der Waals surface area contributed by atoms with Crippen molar-refractivity contribution >= 4 is 6.09 Å². The number of ether oxygens (including phenoxy) is 1. The molecule has 0 bridgehead atoms. The number of rotatable bonds is 0. The molecular weight excluding hydrogens is 280 g/mol. The van der Waals surface area contributed by atoms with Gasteiger partial charge in [-0.15, -0.1) is 0 Å². The molecule has 22 heavy (non-hydrogen) atoms. The van der Waals surface area contributed by atoms with E-state index < -0.39 is 5.60 Å². The van der Waals surface area contributed by atoms with E-state index in [0.717, 1.165) is 38.0 Å². The second kappa shape index (κ2) is 5.26. The van der Waals surface area contributed by atoms with Gasteiger partial charge >= 0.3 is 6.09 Å². The molecule has 1 amide bonds. The van der Waals surface area contributed by atoms with E-state index in [4.69, 9.17) is 4.74 Å². The third-order valence-corrected chi connectivity index (χ3v) is 4.44. The summed E-state index contributed by atoms with van der Waals surface area (Å²) in [4.78, 5) is 18.8. The average molecular weight is 306 g/mol. The van der Waals surface area contributed by atoms with Gasteiger partial charge in [-0.3, -0.25) is 0 Å². The quantitative estimate of drug-likeness (QED) is 0.794. The number of aromatic nitrogens is 2. The first kappa shape index (κ1) is 15.3. The second-order valence-electron chi connectivity index (χ2n) is 7.42. The van der Waals surface area contributed by atoms with Crippen molar-refractivity contribution in [3.8, 4) is 0 Å². The molecule has 6 nitrogen and oxygen atoms in total. The van der Waals surface area contributed by atoms with E-state index in [9.17, 15) is 4.79 Å². The molecule has 2 aliphatic rings. The van der Waals surface area contributed by atoms with Crippen molar-refractivity contribution in [1.29, 1.82) is 0 Å². The van der Waals surface area contributed by atoms with Crippen LogP contribution >= 0.6 is 0 Å². The van der Waals surface area contributed by atoms with Crippen molar-refractivity contribution in [2.75, 3.05) is 19.6 Å². The van der Waals surface area contributed by atoms with Gasteiger partial charge in [0.25, 0.3) is 0 Å². The summed E-state index contributed by atoms with van der Waals surface area (Å²) >= 11 is 0. The van der Waals surface area contributed by atoms with Crippen LogP contribution in [0.3, 0.4) is 0 Å². The molecule has 0 aromatic carbocycles. The van der Waals surface area contributed by atoms with Gasteiger partial charge in [0, 0.05) is 33.1 Å². The van der Waals surface area contributed by atoms with Gasteiger partial charge in [-0.2, -0.15) is 0 Å². The lowest BCUT2D eigenvalue weighted by atomic mass is 9.82. The molecule has 1 N–H and O–H groups in total. The highest BCUT2D eigenvalue weighted by Crippen LogP contribution is 2.36. The number of aryl methyl sites for hydroxylation is 1. The molecule has 1 aromatic heterocycles. The Morgan fingerprint density at radius 2 is 2.23 bits per heavy atom. The van der Waals surface area contributed by atoms with Crippen LogP contribution in [-0.2, 0) is 23.7 Å². The Hall–Kier alpha value is -1.56. The molecule has 0 aliphatic carbocycles. The topological polar surface area (TPSA) is 59.4 Å². The Kier molecular flexibility index (Phi) is 3.67. The maximum absolute atomic E-state index is 12.4. The first-order chi connectivity index (χ1) is 10.3. The normalized spacial score (nSPS) is 25.2. The SMILES string of the molecule is Cn1cnc2c1C1(CCCN(C(=O)OC(C)(C)C)C1)NCC2. The number of piperidine rings is 1. The second-order valence-corrected chi connectivity index (χ2v) is 7.42. The molecule has 0 radical (unpaired) electrons.